The smallest absolute Gasteiger partial charge is 0.0589 e. The minimum absolute atomic E-state index is 0.654. The van der Waals surface area contributed by atoms with Crippen molar-refractivity contribution in [3.8, 4) is 0 Å². The first-order chi connectivity index (χ1) is 8.28. The highest BCUT2D eigenvalue weighted by atomic mass is 16.5. The number of nitrogens with one attached hydrogen (secondary N) is 1. The van der Waals surface area contributed by atoms with Crippen molar-refractivity contribution in [2.45, 2.75) is 32.7 Å². The van der Waals surface area contributed by atoms with E-state index >= 15 is 0 Å². The van der Waals surface area contributed by atoms with E-state index in [0.717, 1.165) is 39.4 Å². The van der Waals surface area contributed by atoms with Gasteiger partial charge in [0, 0.05) is 46.4 Å². The van der Waals surface area contributed by atoms with Crippen LogP contribution < -0.4 is 5.32 Å². The fourth-order valence-corrected chi connectivity index (χ4v) is 1.78. The van der Waals surface area contributed by atoms with Crippen molar-refractivity contribution in [2.24, 2.45) is 0 Å². The standard InChI is InChI=1S/C13H30N2O2/c1-5-13(6-2)14-7-8-15(9-11-16-3)10-12-17-4/h13-14H,5-12H2,1-4H3. The van der Waals surface area contributed by atoms with Crippen LogP contribution in [0.2, 0.25) is 0 Å². The third kappa shape index (κ3) is 9.53. The molecule has 0 bridgehead atoms. The summed E-state index contributed by atoms with van der Waals surface area (Å²) >= 11 is 0. The second kappa shape index (κ2) is 12.3. The van der Waals surface area contributed by atoms with Gasteiger partial charge in [-0.25, -0.2) is 0 Å². The second-order valence-corrected chi connectivity index (χ2v) is 4.29. The molecule has 104 valence electrons. The van der Waals surface area contributed by atoms with E-state index < -0.39 is 0 Å². The Kier molecular flexibility index (Phi) is 12.2. The van der Waals surface area contributed by atoms with E-state index in [1.807, 2.05) is 0 Å². The summed E-state index contributed by atoms with van der Waals surface area (Å²) < 4.78 is 10.2. The van der Waals surface area contributed by atoms with Gasteiger partial charge in [-0.05, 0) is 12.8 Å². The van der Waals surface area contributed by atoms with Gasteiger partial charge in [-0.15, -0.1) is 0 Å². The Balaban J connectivity index is 3.72. The quantitative estimate of drug-likeness (QED) is 0.564. The molecule has 0 aromatic carbocycles. The van der Waals surface area contributed by atoms with Crippen LogP contribution in [0.1, 0.15) is 26.7 Å². The van der Waals surface area contributed by atoms with Crippen LogP contribution in [-0.4, -0.2) is 64.6 Å². The maximum absolute atomic E-state index is 5.12. The summed E-state index contributed by atoms with van der Waals surface area (Å²) in [6, 6.07) is 0.654. The fourth-order valence-electron chi connectivity index (χ4n) is 1.78. The largest absolute Gasteiger partial charge is 0.383 e. The monoisotopic (exact) mass is 246 g/mol. The normalized spacial score (nSPS) is 11.6. The number of hydrogen-bond acceptors (Lipinski definition) is 4. The first-order valence-electron chi connectivity index (χ1n) is 6.72. The lowest BCUT2D eigenvalue weighted by molar-refractivity contribution is 0.114. The molecule has 0 aliphatic carbocycles. The zero-order valence-electron chi connectivity index (χ0n) is 12.0. The van der Waals surface area contributed by atoms with Crippen molar-refractivity contribution >= 4 is 0 Å². The zero-order chi connectivity index (χ0) is 12.9. The molecule has 17 heavy (non-hydrogen) atoms. The van der Waals surface area contributed by atoms with Crippen LogP contribution in [0.25, 0.3) is 0 Å². The molecule has 0 aliphatic rings. The predicted molar refractivity (Wildman–Crippen MR) is 72.6 cm³/mol. The van der Waals surface area contributed by atoms with Gasteiger partial charge in [0.1, 0.15) is 0 Å². The van der Waals surface area contributed by atoms with E-state index in [-0.39, 0.29) is 0 Å². The Morgan fingerprint density at radius 1 is 0.941 bits per heavy atom. The molecule has 0 aliphatic heterocycles. The van der Waals surface area contributed by atoms with Gasteiger partial charge in [0.2, 0.25) is 0 Å². The van der Waals surface area contributed by atoms with E-state index in [4.69, 9.17) is 9.47 Å². The summed E-state index contributed by atoms with van der Waals surface area (Å²) in [6.45, 7) is 10.1. The lowest BCUT2D eigenvalue weighted by Gasteiger charge is -2.23. The van der Waals surface area contributed by atoms with Crippen molar-refractivity contribution < 1.29 is 9.47 Å². The maximum atomic E-state index is 5.12. The molecule has 0 spiro atoms. The topological polar surface area (TPSA) is 33.7 Å². The molecule has 0 aromatic heterocycles. The molecular formula is C13H30N2O2. The Morgan fingerprint density at radius 2 is 1.47 bits per heavy atom. The molecule has 0 atom stereocenters. The summed E-state index contributed by atoms with van der Waals surface area (Å²) in [5, 5.41) is 3.58. The zero-order valence-corrected chi connectivity index (χ0v) is 12.0. The van der Waals surface area contributed by atoms with E-state index in [0.29, 0.717) is 6.04 Å². The molecule has 0 rings (SSSR count). The number of nitrogens with zero attached hydrogens (tertiary/aromatic N) is 1. The van der Waals surface area contributed by atoms with Gasteiger partial charge in [-0.3, -0.25) is 4.90 Å². The first-order valence-corrected chi connectivity index (χ1v) is 6.72. The van der Waals surface area contributed by atoms with Crippen LogP contribution in [0.4, 0.5) is 0 Å². The minimum Gasteiger partial charge on any atom is -0.383 e. The first kappa shape index (κ1) is 16.8. The van der Waals surface area contributed by atoms with Crippen LogP contribution >= 0.6 is 0 Å². The summed E-state index contributed by atoms with van der Waals surface area (Å²) in [5.41, 5.74) is 0. The van der Waals surface area contributed by atoms with E-state index in [1.165, 1.54) is 12.8 Å². The minimum atomic E-state index is 0.654. The highest BCUT2D eigenvalue weighted by Gasteiger charge is 2.06. The van der Waals surface area contributed by atoms with Gasteiger partial charge in [0.25, 0.3) is 0 Å². The van der Waals surface area contributed by atoms with Crippen LogP contribution in [0.5, 0.6) is 0 Å². The Labute approximate surface area is 107 Å². The molecule has 0 heterocycles. The van der Waals surface area contributed by atoms with Crippen LogP contribution in [0.3, 0.4) is 0 Å². The number of rotatable bonds is 12. The van der Waals surface area contributed by atoms with E-state index in [9.17, 15) is 0 Å². The summed E-state index contributed by atoms with van der Waals surface area (Å²) in [7, 11) is 3.49. The fraction of sp³-hybridized carbons (Fsp3) is 1.00. The Morgan fingerprint density at radius 3 is 1.88 bits per heavy atom. The van der Waals surface area contributed by atoms with Gasteiger partial charge in [0.05, 0.1) is 13.2 Å². The van der Waals surface area contributed by atoms with Crippen molar-refractivity contribution in [1.82, 2.24) is 10.2 Å². The molecule has 0 fully saturated rings. The highest BCUT2D eigenvalue weighted by Crippen LogP contribution is 1.96. The van der Waals surface area contributed by atoms with Crippen LogP contribution in [0, 0.1) is 0 Å². The maximum Gasteiger partial charge on any atom is 0.0589 e. The van der Waals surface area contributed by atoms with Gasteiger partial charge >= 0.3 is 0 Å². The number of ether oxygens (including phenoxy) is 2. The van der Waals surface area contributed by atoms with Gasteiger partial charge < -0.3 is 14.8 Å². The number of methoxy groups -OCH3 is 2. The molecule has 0 aromatic rings. The Bertz CT molecular complexity index is 144. The van der Waals surface area contributed by atoms with Crippen molar-refractivity contribution in [2.75, 3.05) is 53.6 Å². The lowest BCUT2D eigenvalue weighted by atomic mass is 10.2. The summed E-state index contributed by atoms with van der Waals surface area (Å²) in [6.07, 6.45) is 2.40. The molecule has 0 saturated carbocycles. The number of hydrogen-bond donors (Lipinski definition) is 1. The molecule has 0 saturated heterocycles. The summed E-state index contributed by atoms with van der Waals surface area (Å²) in [5.74, 6) is 0. The SMILES string of the molecule is CCC(CC)NCCN(CCOC)CCOC. The van der Waals surface area contributed by atoms with Gasteiger partial charge in [-0.1, -0.05) is 13.8 Å². The second-order valence-electron chi connectivity index (χ2n) is 4.29. The molecule has 0 radical (unpaired) electrons. The average Bonchev–Trinajstić information content (AvgIpc) is 2.37. The van der Waals surface area contributed by atoms with Crippen LogP contribution in [0.15, 0.2) is 0 Å². The van der Waals surface area contributed by atoms with Crippen molar-refractivity contribution in [1.29, 1.82) is 0 Å². The van der Waals surface area contributed by atoms with E-state index in [1.54, 1.807) is 14.2 Å². The summed E-state index contributed by atoms with van der Waals surface area (Å²) in [4.78, 5) is 2.38. The lowest BCUT2D eigenvalue weighted by Crippen LogP contribution is -2.39. The third-order valence-corrected chi connectivity index (χ3v) is 3.07. The average molecular weight is 246 g/mol. The Hall–Kier alpha value is -0.160. The van der Waals surface area contributed by atoms with Gasteiger partial charge in [-0.2, -0.15) is 0 Å². The molecular weight excluding hydrogens is 216 g/mol. The van der Waals surface area contributed by atoms with Crippen LogP contribution in [-0.2, 0) is 9.47 Å². The molecule has 1 N–H and O–H groups in total. The van der Waals surface area contributed by atoms with E-state index in [2.05, 4.69) is 24.1 Å². The molecule has 0 amide bonds. The third-order valence-electron chi connectivity index (χ3n) is 3.07. The highest BCUT2D eigenvalue weighted by molar-refractivity contribution is 4.65. The molecule has 0 unspecified atom stereocenters. The van der Waals surface area contributed by atoms with Crippen molar-refractivity contribution in [3.05, 3.63) is 0 Å². The van der Waals surface area contributed by atoms with Gasteiger partial charge in [0.15, 0.2) is 0 Å². The predicted octanol–water partition coefficient (Wildman–Crippen LogP) is 1.36. The molecule has 4 heteroatoms. The van der Waals surface area contributed by atoms with Crippen molar-refractivity contribution in [3.63, 3.8) is 0 Å². The molecule has 4 nitrogen and oxygen atoms in total.